The third kappa shape index (κ3) is 4.43. The maximum atomic E-state index is 12.3. The van der Waals surface area contributed by atoms with E-state index in [9.17, 15) is 14.4 Å². The lowest BCUT2D eigenvalue weighted by Crippen LogP contribution is -2.61. The molecule has 3 heterocycles. The molecule has 3 aliphatic rings. The summed E-state index contributed by atoms with van der Waals surface area (Å²) in [6, 6.07) is 5.33. The minimum Gasteiger partial charge on any atom is -0.482 e. The predicted molar refractivity (Wildman–Crippen MR) is 108 cm³/mol. The average Bonchev–Trinajstić information content (AvgIpc) is 2.99. The van der Waals surface area contributed by atoms with Crippen LogP contribution in [0.2, 0.25) is 0 Å². The molecule has 1 aromatic carbocycles. The van der Waals surface area contributed by atoms with Gasteiger partial charge >= 0.3 is 12.2 Å². The van der Waals surface area contributed by atoms with Crippen LogP contribution >= 0.6 is 0 Å². The van der Waals surface area contributed by atoms with Gasteiger partial charge in [0.25, 0.3) is 5.91 Å². The first kappa shape index (κ1) is 20.3. The molecular formula is C20H26N4O6. The SMILES string of the molecule is CC(C)(C)OC(=O)N1CC(NC[C@@H]2CN(c3ccc4c(c3)NC(=O)CO4)C(=O)O2)C1. The van der Waals surface area contributed by atoms with Crippen LogP contribution in [0.1, 0.15) is 20.8 Å². The van der Waals surface area contributed by atoms with Crippen LogP contribution in [0, 0.1) is 0 Å². The van der Waals surface area contributed by atoms with Crippen LogP contribution < -0.4 is 20.3 Å². The third-order valence-corrected chi connectivity index (χ3v) is 4.95. The molecule has 1 aromatic rings. The number of carbonyl (C=O) groups excluding carboxylic acids is 3. The summed E-state index contributed by atoms with van der Waals surface area (Å²) < 4.78 is 16.1. The molecule has 0 saturated carbocycles. The smallest absolute Gasteiger partial charge is 0.414 e. The van der Waals surface area contributed by atoms with Crippen molar-refractivity contribution in [1.82, 2.24) is 10.2 Å². The molecule has 162 valence electrons. The van der Waals surface area contributed by atoms with Crippen molar-refractivity contribution in [3.8, 4) is 5.75 Å². The number of rotatable bonds is 4. The molecule has 2 fully saturated rings. The quantitative estimate of drug-likeness (QED) is 0.764. The van der Waals surface area contributed by atoms with Crippen molar-refractivity contribution in [2.75, 3.05) is 43.0 Å². The van der Waals surface area contributed by atoms with Gasteiger partial charge in [-0.3, -0.25) is 9.69 Å². The maximum Gasteiger partial charge on any atom is 0.414 e. The van der Waals surface area contributed by atoms with Gasteiger partial charge in [0.05, 0.1) is 12.2 Å². The van der Waals surface area contributed by atoms with Crippen molar-refractivity contribution in [2.24, 2.45) is 0 Å². The van der Waals surface area contributed by atoms with Crippen molar-refractivity contribution in [1.29, 1.82) is 0 Å². The molecule has 30 heavy (non-hydrogen) atoms. The molecule has 0 radical (unpaired) electrons. The Bertz CT molecular complexity index is 861. The summed E-state index contributed by atoms with van der Waals surface area (Å²) in [5.41, 5.74) is 0.657. The van der Waals surface area contributed by atoms with E-state index in [1.54, 1.807) is 23.1 Å². The van der Waals surface area contributed by atoms with E-state index in [1.807, 2.05) is 20.8 Å². The lowest BCUT2D eigenvalue weighted by molar-refractivity contribution is -0.118. The van der Waals surface area contributed by atoms with Gasteiger partial charge in [0, 0.05) is 31.4 Å². The first-order chi connectivity index (χ1) is 14.2. The van der Waals surface area contributed by atoms with Crippen LogP contribution in [0.4, 0.5) is 21.0 Å². The highest BCUT2D eigenvalue weighted by Crippen LogP contribution is 2.33. The normalized spacial score (nSPS) is 21.4. The van der Waals surface area contributed by atoms with Crippen molar-refractivity contribution < 1.29 is 28.6 Å². The minimum atomic E-state index is -0.511. The van der Waals surface area contributed by atoms with Crippen LogP contribution in [-0.2, 0) is 14.3 Å². The van der Waals surface area contributed by atoms with E-state index in [-0.39, 0.29) is 30.8 Å². The molecule has 0 bridgehead atoms. The van der Waals surface area contributed by atoms with Gasteiger partial charge in [-0.1, -0.05) is 0 Å². The summed E-state index contributed by atoms with van der Waals surface area (Å²) in [6.07, 6.45) is -1.06. The maximum absolute atomic E-state index is 12.3. The lowest BCUT2D eigenvalue weighted by Gasteiger charge is -2.40. The van der Waals surface area contributed by atoms with E-state index >= 15 is 0 Å². The Labute approximate surface area is 174 Å². The van der Waals surface area contributed by atoms with Crippen LogP contribution in [0.15, 0.2) is 18.2 Å². The number of ether oxygens (including phenoxy) is 3. The second-order valence-corrected chi connectivity index (χ2v) is 8.62. The highest BCUT2D eigenvalue weighted by atomic mass is 16.6. The third-order valence-electron chi connectivity index (χ3n) is 4.95. The summed E-state index contributed by atoms with van der Waals surface area (Å²) in [6.45, 7) is 7.49. The summed E-state index contributed by atoms with van der Waals surface area (Å²) in [5.74, 6) is 0.343. The number of nitrogens with zero attached hydrogens (tertiary/aromatic N) is 2. The molecule has 10 heteroatoms. The second kappa shape index (κ2) is 7.67. The topological polar surface area (TPSA) is 109 Å². The molecular weight excluding hydrogens is 392 g/mol. The Morgan fingerprint density at radius 3 is 2.77 bits per heavy atom. The van der Waals surface area contributed by atoms with Crippen molar-refractivity contribution in [3.63, 3.8) is 0 Å². The molecule has 2 saturated heterocycles. The Hall–Kier alpha value is -3.01. The van der Waals surface area contributed by atoms with Crippen molar-refractivity contribution >= 4 is 29.5 Å². The summed E-state index contributed by atoms with van der Waals surface area (Å²) in [5, 5.41) is 6.06. The molecule has 2 N–H and O–H groups in total. The Balaban J connectivity index is 1.26. The monoisotopic (exact) mass is 418 g/mol. The highest BCUT2D eigenvalue weighted by molar-refractivity contribution is 5.97. The number of amides is 3. The summed E-state index contributed by atoms with van der Waals surface area (Å²) >= 11 is 0. The second-order valence-electron chi connectivity index (χ2n) is 8.62. The lowest BCUT2D eigenvalue weighted by atomic mass is 10.1. The standard InChI is InChI=1S/C20H26N4O6/c1-20(2,3)30-18(26)23-8-12(9-23)21-7-14-10-24(19(27)29-14)13-4-5-16-15(6-13)22-17(25)11-28-16/h4-6,12,14,21H,7-11H2,1-3H3,(H,22,25)/t14-/m1/s1. The first-order valence-electron chi connectivity index (χ1n) is 9.94. The van der Waals surface area contributed by atoms with Crippen molar-refractivity contribution in [2.45, 2.75) is 38.5 Å². The zero-order valence-corrected chi connectivity index (χ0v) is 17.3. The Kier molecular flexibility index (Phi) is 5.19. The number of hydrogen-bond acceptors (Lipinski definition) is 7. The number of benzene rings is 1. The minimum absolute atomic E-state index is 0.0155. The van der Waals surface area contributed by atoms with Gasteiger partial charge < -0.3 is 29.7 Å². The molecule has 3 amide bonds. The van der Waals surface area contributed by atoms with E-state index < -0.39 is 11.7 Å². The van der Waals surface area contributed by atoms with E-state index in [4.69, 9.17) is 14.2 Å². The molecule has 0 aliphatic carbocycles. The molecule has 0 unspecified atom stereocenters. The molecule has 4 rings (SSSR count). The van der Waals surface area contributed by atoms with Crippen LogP contribution in [-0.4, -0.2) is 73.5 Å². The Morgan fingerprint density at radius 1 is 1.27 bits per heavy atom. The zero-order valence-electron chi connectivity index (χ0n) is 17.3. The number of nitrogens with one attached hydrogen (secondary N) is 2. The zero-order chi connectivity index (χ0) is 21.5. The van der Waals surface area contributed by atoms with E-state index in [2.05, 4.69) is 10.6 Å². The Morgan fingerprint density at radius 2 is 2.03 bits per heavy atom. The van der Waals surface area contributed by atoms with Gasteiger partial charge in [0.1, 0.15) is 17.5 Å². The first-order valence-corrected chi connectivity index (χ1v) is 9.94. The fraction of sp³-hybridized carbons (Fsp3) is 0.550. The van der Waals surface area contributed by atoms with E-state index in [0.29, 0.717) is 43.3 Å². The predicted octanol–water partition coefficient (Wildman–Crippen LogP) is 1.55. The summed E-state index contributed by atoms with van der Waals surface area (Å²) in [4.78, 5) is 39.0. The van der Waals surface area contributed by atoms with Gasteiger partial charge in [0.15, 0.2) is 6.61 Å². The van der Waals surface area contributed by atoms with Gasteiger partial charge in [-0.25, -0.2) is 9.59 Å². The number of carbonyl (C=O) groups is 3. The average molecular weight is 418 g/mol. The fourth-order valence-electron chi connectivity index (χ4n) is 3.46. The van der Waals surface area contributed by atoms with Gasteiger partial charge in [0.2, 0.25) is 0 Å². The summed E-state index contributed by atoms with van der Waals surface area (Å²) in [7, 11) is 0. The van der Waals surface area contributed by atoms with Gasteiger partial charge in [-0.05, 0) is 39.0 Å². The van der Waals surface area contributed by atoms with E-state index in [1.165, 1.54) is 4.90 Å². The van der Waals surface area contributed by atoms with Gasteiger partial charge in [-0.2, -0.15) is 0 Å². The fourth-order valence-corrected chi connectivity index (χ4v) is 3.46. The number of hydrogen-bond donors (Lipinski definition) is 2. The van der Waals surface area contributed by atoms with Gasteiger partial charge in [-0.15, -0.1) is 0 Å². The molecule has 1 atom stereocenters. The number of cyclic esters (lactones) is 1. The largest absolute Gasteiger partial charge is 0.482 e. The number of anilines is 2. The van der Waals surface area contributed by atoms with Crippen LogP contribution in [0.25, 0.3) is 0 Å². The van der Waals surface area contributed by atoms with Crippen LogP contribution in [0.3, 0.4) is 0 Å². The van der Waals surface area contributed by atoms with Crippen LogP contribution in [0.5, 0.6) is 5.75 Å². The molecule has 0 aromatic heterocycles. The molecule has 3 aliphatic heterocycles. The van der Waals surface area contributed by atoms with Crippen molar-refractivity contribution in [3.05, 3.63) is 18.2 Å². The highest BCUT2D eigenvalue weighted by Gasteiger charge is 2.36. The van der Waals surface area contributed by atoms with E-state index in [0.717, 1.165) is 0 Å². The molecule has 0 spiro atoms. The molecule has 10 nitrogen and oxygen atoms in total. The number of fused-ring (bicyclic) bond motifs is 1. The number of likely N-dealkylation sites (tertiary alicyclic amines) is 1.